The second kappa shape index (κ2) is 5.70. The van der Waals surface area contributed by atoms with Gasteiger partial charge in [-0.15, -0.1) is 0 Å². The van der Waals surface area contributed by atoms with Crippen molar-refractivity contribution in [3.05, 3.63) is 65.5 Å². The minimum atomic E-state index is -0.0265. The first kappa shape index (κ1) is 13.8. The van der Waals surface area contributed by atoms with Crippen molar-refractivity contribution in [1.29, 1.82) is 0 Å². The lowest BCUT2D eigenvalue weighted by Gasteiger charge is -2.13. The molecule has 0 spiro atoms. The fourth-order valence-electron chi connectivity index (χ4n) is 2.66. The first-order chi connectivity index (χ1) is 10.2. The van der Waals surface area contributed by atoms with E-state index < -0.39 is 0 Å². The molecule has 0 bridgehead atoms. The molecule has 1 aromatic heterocycles. The second-order valence-electron chi connectivity index (χ2n) is 5.55. The predicted molar refractivity (Wildman–Crippen MR) is 87.2 cm³/mol. The summed E-state index contributed by atoms with van der Waals surface area (Å²) in [7, 11) is 0. The molecule has 0 aliphatic rings. The van der Waals surface area contributed by atoms with E-state index in [1.54, 1.807) is 0 Å². The zero-order chi connectivity index (χ0) is 14.8. The van der Waals surface area contributed by atoms with Crippen LogP contribution in [-0.2, 0) is 6.54 Å². The highest BCUT2D eigenvalue weighted by molar-refractivity contribution is 5.77. The summed E-state index contributed by atoms with van der Waals surface area (Å²) in [5.74, 6) is 0.974. The van der Waals surface area contributed by atoms with Gasteiger partial charge in [0.05, 0.1) is 17.1 Å². The van der Waals surface area contributed by atoms with E-state index in [1.165, 1.54) is 11.1 Å². The third kappa shape index (κ3) is 2.69. The summed E-state index contributed by atoms with van der Waals surface area (Å²) < 4.78 is 2.25. The summed E-state index contributed by atoms with van der Waals surface area (Å²) in [6, 6.07) is 16.8. The second-order valence-corrected chi connectivity index (χ2v) is 5.55. The lowest BCUT2D eigenvalue weighted by molar-refractivity contribution is 0.605. The van der Waals surface area contributed by atoms with Gasteiger partial charge < -0.3 is 10.3 Å². The summed E-state index contributed by atoms with van der Waals surface area (Å²) in [5.41, 5.74) is 10.9. The Morgan fingerprint density at radius 3 is 2.62 bits per heavy atom. The highest BCUT2D eigenvalue weighted by atomic mass is 15.1. The van der Waals surface area contributed by atoms with Crippen LogP contribution in [0, 0.1) is 6.92 Å². The van der Waals surface area contributed by atoms with Crippen molar-refractivity contribution in [2.24, 2.45) is 5.73 Å². The Morgan fingerprint density at radius 2 is 1.90 bits per heavy atom. The fourth-order valence-corrected chi connectivity index (χ4v) is 2.66. The number of nitrogens with zero attached hydrogens (tertiary/aromatic N) is 2. The number of rotatable bonds is 4. The van der Waals surface area contributed by atoms with E-state index in [9.17, 15) is 0 Å². The molecule has 0 aliphatic carbocycles. The molecule has 2 N–H and O–H groups in total. The summed E-state index contributed by atoms with van der Waals surface area (Å²) in [4.78, 5) is 4.78. The number of fused-ring (bicyclic) bond motifs is 1. The van der Waals surface area contributed by atoms with E-state index in [1.807, 2.05) is 6.07 Å². The van der Waals surface area contributed by atoms with Crippen molar-refractivity contribution in [3.63, 3.8) is 0 Å². The fraction of sp³-hybridized carbons (Fsp3) is 0.278. The van der Waals surface area contributed by atoms with E-state index in [4.69, 9.17) is 10.7 Å². The molecule has 2 aromatic carbocycles. The number of hydrogen-bond donors (Lipinski definition) is 1. The van der Waals surface area contributed by atoms with Crippen LogP contribution in [0.2, 0.25) is 0 Å². The van der Waals surface area contributed by atoms with E-state index in [2.05, 4.69) is 60.9 Å². The topological polar surface area (TPSA) is 43.8 Å². The van der Waals surface area contributed by atoms with Crippen LogP contribution in [0.1, 0.15) is 36.3 Å². The number of aromatic nitrogens is 2. The average Bonchev–Trinajstić information content (AvgIpc) is 2.85. The standard InChI is InChI=1S/C18H21N3/c1-3-15(19)18-20-16-11-13(2)9-10-17(16)21(18)12-14-7-5-4-6-8-14/h4-11,15H,3,12,19H2,1-2H3. The summed E-state index contributed by atoms with van der Waals surface area (Å²) in [6.07, 6.45) is 0.886. The van der Waals surface area contributed by atoms with Gasteiger partial charge in [-0.1, -0.05) is 43.3 Å². The maximum Gasteiger partial charge on any atom is 0.127 e. The number of imidazole rings is 1. The van der Waals surface area contributed by atoms with Crippen LogP contribution < -0.4 is 5.73 Å². The van der Waals surface area contributed by atoms with Crippen LogP contribution >= 0.6 is 0 Å². The van der Waals surface area contributed by atoms with E-state index in [0.29, 0.717) is 0 Å². The highest BCUT2D eigenvalue weighted by Gasteiger charge is 2.16. The van der Waals surface area contributed by atoms with Crippen LogP contribution in [-0.4, -0.2) is 9.55 Å². The maximum atomic E-state index is 6.27. The first-order valence-electron chi connectivity index (χ1n) is 7.45. The van der Waals surface area contributed by atoms with Crippen LogP contribution in [0.3, 0.4) is 0 Å². The normalized spacial score (nSPS) is 12.7. The van der Waals surface area contributed by atoms with Gasteiger partial charge in [-0.05, 0) is 36.6 Å². The Bertz CT molecular complexity index is 744. The molecule has 0 radical (unpaired) electrons. The van der Waals surface area contributed by atoms with Gasteiger partial charge in [0.2, 0.25) is 0 Å². The third-order valence-electron chi connectivity index (χ3n) is 3.89. The van der Waals surface area contributed by atoms with Crippen LogP contribution in [0.4, 0.5) is 0 Å². The quantitative estimate of drug-likeness (QED) is 0.789. The van der Waals surface area contributed by atoms with Gasteiger partial charge in [0, 0.05) is 6.54 Å². The Morgan fingerprint density at radius 1 is 1.14 bits per heavy atom. The smallest absolute Gasteiger partial charge is 0.127 e. The van der Waals surface area contributed by atoms with Gasteiger partial charge in [-0.3, -0.25) is 0 Å². The molecule has 0 saturated carbocycles. The summed E-state index contributed by atoms with van der Waals surface area (Å²) >= 11 is 0. The van der Waals surface area contributed by atoms with Gasteiger partial charge in [0.1, 0.15) is 5.82 Å². The number of benzene rings is 2. The lowest BCUT2D eigenvalue weighted by Crippen LogP contribution is -2.16. The van der Waals surface area contributed by atoms with Crippen molar-refractivity contribution < 1.29 is 0 Å². The molecule has 1 atom stereocenters. The molecule has 1 unspecified atom stereocenters. The average molecular weight is 279 g/mol. The molecule has 3 heteroatoms. The minimum absolute atomic E-state index is 0.0265. The molecule has 0 fully saturated rings. The lowest BCUT2D eigenvalue weighted by atomic mass is 10.2. The van der Waals surface area contributed by atoms with Crippen LogP contribution in [0.15, 0.2) is 48.5 Å². The predicted octanol–water partition coefficient (Wildman–Crippen LogP) is 3.80. The number of nitrogens with two attached hydrogens (primary N) is 1. The summed E-state index contributed by atoms with van der Waals surface area (Å²) in [5, 5.41) is 0. The van der Waals surface area contributed by atoms with Crippen LogP contribution in [0.25, 0.3) is 11.0 Å². The van der Waals surface area contributed by atoms with Crippen molar-refractivity contribution >= 4 is 11.0 Å². The largest absolute Gasteiger partial charge is 0.322 e. The van der Waals surface area contributed by atoms with E-state index in [0.717, 1.165) is 29.8 Å². The Labute approximate surface area is 125 Å². The number of aryl methyl sites for hydroxylation is 1. The Hall–Kier alpha value is -2.13. The number of hydrogen-bond acceptors (Lipinski definition) is 2. The molecular weight excluding hydrogens is 258 g/mol. The van der Waals surface area contributed by atoms with Crippen molar-refractivity contribution in [2.45, 2.75) is 32.9 Å². The van der Waals surface area contributed by atoms with Gasteiger partial charge in [0.15, 0.2) is 0 Å². The molecule has 3 nitrogen and oxygen atoms in total. The van der Waals surface area contributed by atoms with Gasteiger partial charge in [-0.2, -0.15) is 0 Å². The minimum Gasteiger partial charge on any atom is -0.322 e. The van der Waals surface area contributed by atoms with E-state index in [-0.39, 0.29) is 6.04 Å². The zero-order valence-corrected chi connectivity index (χ0v) is 12.6. The van der Waals surface area contributed by atoms with Gasteiger partial charge in [-0.25, -0.2) is 4.98 Å². The molecule has 108 valence electrons. The SMILES string of the molecule is CCC(N)c1nc2cc(C)ccc2n1Cc1ccccc1. The molecule has 0 aliphatic heterocycles. The zero-order valence-electron chi connectivity index (χ0n) is 12.6. The van der Waals surface area contributed by atoms with Gasteiger partial charge in [0.25, 0.3) is 0 Å². The highest BCUT2D eigenvalue weighted by Crippen LogP contribution is 2.23. The van der Waals surface area contributed by atoms with E-state index >= 15 is 0 Å². The van der Waals surface area contributed by atoms with Crippen LogP contribution in [0.5, 0.6) is 0 Å². The third-order valence-corrected chi connectivity index (χ3v) is 3.89. The first-order valence-corrected chi connectivity index (χ1v) is 7.45. The summed E-state index contributed by atoms with van der Waals surface area (Å²) in [6.45, 7) is 5.00. The van der Waals surface area contributed by atoms with Crippen molar-refractivity contribution in [2.75, 3.05) is 0 Å². The maximum absolute atomic E-state index is 6.27. The molecular formula is C18H21N3. The molecule has 3 aromatic rings. The molecule has 1 heterocycles. The van der Waals surface area contributed by atoms with Crippen molar-refractivity contribution in [3.8, 4) is 0 Å². The Balaban J connectivity index is 2.13. The molecule has 21 heavy (non-hydrogen) atoms. The van der Waals surface area contributed by atoms with Gasteiger partial charge >= 0.3 is 0 Å². The Kier molecular flexibility index (Phi) is 3.76. The molecule has 0 amide bonds. The van der Waals surface area contributed by atoms with Crippen molar-refractivity contribution in [1.82, 2.24) is 9.55 Å². The molecule has 3 rings (SSSR count). The monoisotopic (exact) mass is 279 g/mol. The molecule has 0 saturated heterocycles.